The van der Waals surface area contributed by atoms with Crippen molar-refractivity contribution < 1.29 is 23.8 Å². The highest BCUT2D eigenvalue weighted by Crippen LogP contribution is 2.19. The number of halogens is 1. The Kier molecular flexibility index (Phi) is 7.51. The molecule has 0 saturated carbocycles. The van der Waals surface area contributed by atoms with Gasteiger partial charge in [0.2, 0.25) is 0 Å². The number of Topliss-reactive ketones (excluding diaryl/α,β-unsaturated/α-hetero) is 1. The molecule has 5 nitrogen and oxygen atoms in total. The van der Waals surface area contributed by atoms with Crippen LogP contribution in [0.1, 0.15) is 16.7 Å². The number of hydrogen-bond donors (Lipinski definition) is 2. The number of carboxylic acids is 1. The van der Waals surface area contributed by atoms with Crippen LogP contribution in [0.3, 0.4) is 0 Å². The molecule has 6 heteroatoms. The van der Waals surface area contributed by atoms with E-state index in [1.54, 1.807) is 24.3 Å². The number of rotatable bonds is 10. The molecule has 160 valence electrons. The van der Waals surface area contributed by atoms with Crippen molar-refractivity contribution in [3.8, 4) is 5.75 Å². The molecule has 0 aliphatic heterocycles. The predicted octanol–water partition coefficient (Wildman–Crippen LogP) is 3.79. The van der Waals surface area contributed by atoms with Gasteiger partial charge in [0.25, 0.3) is 0 Å². The van der Waals surface area contributed by atoms with E-state index in [1.807, 2.05) is 30.3 Å². The van der Waals surface area contributed by atoms with Gasteiger partial charge in [-0.25, -0.2) is 4.39 Å². The number of nitrogens with two attached hydrogens (primary N) is 1. The highest BCUT2D eigenvalue weighted by molar-refractivity contribution is 6.01. The van der Waals surface area contributed by atoms with Crippen LogP contribution in [0, 0.1) is 11.7 Å². The number of ether oxygens (including phenoxy) is 1. The summed E-state index contributed by atoms with van der Waals surface area (Å²) in [5.74, 6) is -2.77. The summed E-state index contributed by atoms with van der Waals surface area (Å²) >= 11 is 0. The minimum Gasteiger partial charge on any atom is -0.489 e. The summed E-state index contributed by atoms with van der Waals surface area (Å²) in [7, 11) is 0. The van der Waals surface area contributed by atoms with Crippen molar-refractivity contribution in [2.24, 2.45) is 11.7 Å². The first kappa shape index (κ1) is 22.2. The molecule has 31 heavy (non-hydrogen) atoms. The van der Waals surface area contributed by atoms with E-state index in [1.165, 1.54) is 24.3 Å². The monoisotopic (exact) mass is 421 g/mol. The van der Waals surface area contributed by atoms with E-state index in [4.69, 9.17) is 10.5 Å². The molecule has 2 atom stereocenters. The minimum atomic E-state index is -1.26. The van der Waals surface area contributed by atoms with E-state index in [9.17, 15) is 19.1 Å². The maximum Gasteiger partial charge on any atom is 0.314 e. The fourth-order valence-corrected chi connectivity index (χ4v) is 3.24. The lowest BCUT2D eigenvalue weighted by Gasteiger charge is -2.17. The van der Waals surface area contributed by atoms with Gasteiger partial charge in [0, 0.05) is 0 Å². The molecule has 1 unspecified atom stereocenters. The summed E-state index contributed by atoms with van der Waals surface area (Å²) in [4.78, 5) is 24.4. The average molecular weight is 421 g/mol. The van der Waals surface area contributed by atoms with E-state index in [-0.39, 0.29) is 18.7 Å². The lowest BCUT2D eigenvalue weighted by Crippen LogP contribution is -2.41. The second-order valence-electron chi connectivity index (χ2n) is 7.35. The minimum absolute atomic E-state index is 0.0320. The van der Waals surface area contributed by atoms with Gasteiger partial charge in [0.05, 0.1) is 6.04 Å². The van der Waals surface area contributed by atoms with Gasteiger partial charge in [-0.1, -0.05) is 54.6 Å². The third-order valence-electron chi connectivity index (χ3n) is 4.99. The van der Waals surface area contributed by atoms with Crippen LogP contribution < -0.4 is 10.5 Å². The fraction of sp³-hybridized carbons (Fsp3) is 0.200. The molecular formula is C25H24FNO4. The van der Waals surface area contributed by atoms with Crippen molar-refractivity contribution in [3.63, 3.8) is 0 Å². The van der Waals surface area contributed by atoms with E-state index in [2.05, 4.69) is 0 Å². The first-order chi connectivity index (χ1) is 14.9. The Labute approximate surface area is 180 Å². The lowest BCUT2D eigenvalue weighted by molar-refractivity contribution is -0.146. The van der Waals surface area contributed by atoms with Gasteiger partial charge in [-0.05, 0) is 53.8 Å². The fourth-order valence-electron chi connectivity index (χ4n) is 3.24. The standard InChI is InChI=1S/C25H24FNO4/c26-20-10-6-18(7-11-20)15-23(27)24(28)22(25(29)30)14-17-8-12-21(13-9-17)31-16-19-4-2-1-3-5-19/h1-13,22-23H,14-16,27H2,(H,29,30)/t22?,23-/m0/s1. The average Bonchev–Trinajstić information content (AvgIpc) is 2.78. The summed E-state index contributed by atoms with van der Waals surface area (Å²) in [5, 5.41) is 9.57. The Balaban J connectivity index is 1.60. The molecule has 0 aliphatic carbocycles. The van der Waals surface area contributed by atoms with E-state index < -0.39 is 23.7 Å². The highest BCUT2D eigenvalue weighted by Gasteiger charge is 2.30. The van der Waals surface area contributed by atoms with Gasteiger partial charge < -0.3 is 15.6 Å². The van der Waals surface area contributed by atoms with Crippen LogP contribution in [0.15, 0.2) is 78.9 Å². The van der Waals surface area contributed by atoms with Crippen molar-refractivity contribution in [2.45, 2.75) is 25.5 Å². The highest BCUT2D eigenvalue weighted by atomic mass is 19.1. The van der Waals surface area contributed by atoms with E-state index in [0.717, 1.165) is 5.56 Å². The second kappa shape index (κ2) is 10.5. The van der Waals surface area contributed by atoms with Crippen molar-refractivity contribution in [2.75, 3.05) is 0 Å². The molecular weight excluding hydrogens is 397 g/mol. The molecule has 3 aromatic rings. The molecule has 0 saturated heterocycles. The number of carbonyl (C=O) groups is 2. The van der Waals surface area contributed by atoms with Gasteiger partial charge in [-0.2, -0.15) is 0 Å². The molecule has 0 aliphatic rings. The first-order valence-electron chi connectivity index (χ1n) is 9.94. The van der Waals surface area contributed by atoms with Gasteiger partial charge in [0.1, 0.15) is 24.1 Å². The molecule has 0 aromatic heterocycles. The van der Waals surface area contributed by atoms with Crippen LogP contribution in [0.5, 0.6) is 5.75 Å². The molecule has 0 spiro atoms. The maximum atomic E-state index is 13.0. The van der Waals surface area contributed by atoms with Crippen LogP contribution in [0.4, 0.5) is 4.39 Å². The Bertz CT molecular complexity index is 1000. The molecule has 0 fully saturated rings. The Hall–Kier alpha value is -3.51. The van der Waals surface area contributed by atoms with Crippen molar-refractivity contribution >= 4 is 11.8 Å². The van der Waals surface area contributed by atoms with Gasteiger partial charge >= 0.3 is 5.97 Å². The van der Waals surface area contributed by atoms with Crippen molar-refractivity contribution in [1.29, 1.82) is 0 Å². The third-order valence-corrected chi connectivity index (χ3v) is 4.99. The first-order valence-corrected chi connectivity index (χ1v) is 9.94. The van der Waals surface area contributed by atoms with Gasteiger partial charge in [0.15, 0.2) is 5.78 Å². The van der Waals surface area contributed by atoms with E-state index >= 15 is 0 Å². The molecule has 3 aromatic carbocycles. The van der Waals surface area contributed by atoms with E-state index in [0.29, 0.717) is 23.5 Å². The number of carboxylic acid groups (broad SMARTS) is 1. The SMILES string of the molecule is N[C@@H](Cc1ccc(F)cc1)C(=O)C(Cc1ccc(OCc2ccccc2)cc1)C(=O)O. The third kappa shape index (κ3) is 6.49. The van der Waals surface area contributed by atoms with Crippen molar-refractivity contribution in [1.82, 2.24) is 0 Å². The van der Waals surface area contributed by atoms with Crippen LogP contribution in [0.2, 0.25) is 0 Å². The Morgan fingerprint density at radius 1 is 0.839 bits per heavy atom. The topological polar surface area (TPSA) is 89.6 Å². The number of benzene rings is 3. The zero-order chi connectivity index (χ0) is 22.2. The van der Waals surface area contributed by atoms with Gasteiger partial charge in [-0.15, -0.1) is 0 Å². The maximum absolute atomic E-state index is 13.0. The molecule has 3 rings (SSSR count). The quantitative estimate of drug-likeness (QED) is 0.486. The zero-order valence-electron chi connectivity index (χ0n) is 16.9. The zero-order valence-corrected chi connectivity index (χ0v) is 16.9. The Morgan fingerprint density at radius 3 is 2.03 bits per heavy atom. The molecule has 0 amide bonds. The summed E-state index contributed by atoms with van der Waals surface area (Å²) < 4.78 is 18.8. The lowest BCUT2D eigenvalue weighted by atomic mass is 9.89. The largest absolute Gasteiger partial charge is 0.489 e. The summed E-state index contributed by atoms with van der Waals surface area (Å²) in [6, 6.07) is 21.4. The summed E-state index contributed by atoms with van der Waals surface area (Å²) in [6.07, 6.45) is 0.180. The number of ketones is 1. The van der Waals surface area contributed by atoms with Crippen LogP contribution in [0.25, 0.3) is 0 Å². The van der Waals surface area contributed by atoms with Crippen LogP contribution in [-0.2, 0) is 29.0 Å². The smallest absolute Gasteiger partial charge is 0.314 e. The summed E-state index contributed by atoms with van der Waals surface area (Å²) in [6.45, 7) is 0.425. The number of aliphatic carboxylic acids is 1. The normalized spacial score (nSPS) is 12.7. The summed E-state index contributed by atoms with van der Waals surface area (Å²) in [5.41, 5.74) is 8.38. The molecule has 0 bridgehead atoms. The Morgan fingerprint density at radius 2 is 1.42 bits per heavy atom. The van der Waals surface area contributed by atoms with Crippen LogP contribution in [-0.4, -0.2) is 22.9 Å². The molecule has 0 heterocycles. The molecule has 3 N–H and O–H groups in total. The van der Waals surface area contributed by atoms with Crippen molar-refractivity contribution in [3.05, 3.63) is 101 Å². The second-order valence-corrected chi connectivity index (χ2v) is 7.35. The number of carbonyl (C=O) groups excluding carboxylic acids is 1. The van der Waals surface area contributed by atoms with Crippen LogP contribution >= 0.6 is 0 Å². The molecule has 0 radical (unpaired) electrons. The number of hydrogen-bond acceptors (Lipinski definition) is 4. The predicted molar refractivity (Wildman–Crippen MR) is 115 cm³/mol. The van der Waals surface area contributed by atoms with Gasteiger partial charge in [-0.3, -0.25) is 9.59 Å².